The van der Waals surface area contributed by atoms with E-state index in [1.54, 1.807) is 55.1 Å². The van der Waals surface area contributed by atoms with Crippen molar-refractivity contribution in [2.45, 2.75) is 18.7 Å². The highest BCUT2D eigenvalue weighted by Crippen LogP contribution is 2.23. The van der Waals surface area contributed by atoms with Gasteiger partial charge >= 0.3 is 0 Å². The number of nitrogens with one attached hydrogen (secondary N) is 1. The fourth-order valence-electron chi connectivity index (χ4n) is 2.79. The van der Waals surface area contributed by atoms with Gasteiger partial charge in [0.1, 0.15) is 5.49 Å². The molecule has 0 aliphatic carbocycles. The molecule has 0 radical (unpaired) electrons. The van der Waals surface area contributed by atoms with Crippen molar-refractivity contribution >= 4 is 21.0 Å². The summed E-state index contributed by atoms with van der Waals surface area (Å²) in [5.41, 5.74) is 2.50. The summed E-state index contributed by atoms with van der Waals surface area (Å²) in [6, 6.07) is 8.65. The lowest BCUT2D eigenvalue weighted by Crippen LogP contribution is -2.19. The Labute approximate surface area is 133 Å². The van der Waals surface area contributed by atoms with E-state index in [1.807, 2.05) is 6.07 Å². The maximum absolute atomic E-state index is 11.5. The lowest BCUT2D eigenvalue weighted by molar-refractivity contribution is 0.482. The van der Waals surface area contributed by atoms with Gasteiger partial charge in [0.25, 0.3) is 10.1 Å². The van der Waals surface area contributed by atoms with E-state index in [9.17, 15) is 13.0 Å². The molecule has 3 rings (SSSR count). The Bertz CT molecular complexity index is 1060. The van der Waals surface area contributed by atoms with Gasteiger partial charge in [-0.2, -0.15) is 8.42 Å². The minimum Gasteiger partial charge on any atom is -0.302 e. The zero-order chi connectivity index (χ0) is 16.8. The molecule has 0 amide bonds. The van der Waals surface area contributed by atoms with Crippen LogP contribution in [0.1, 0.15) is 11.1 Å². The molecule has 2 aromatic heterocycles. The average molecular weight is 329 g/mol. The van der Waals surface area contributed by atoms with Crippen molar-refractivity contribution in [3.05, 3.63) is 59.3 Å². The Morgan fingerprint density at radius 3 is 2.43 bits per heavy atom. The van der Waals surface area contributed by atoms with Gasteiger partial charge in [-0.3, -0.25) is 14.9 Å². The van der Waals surface area contributed by atoms with Crippen LogP contribution < -0.4 is 5.49 Å². The van der Waals surface area contributed by atoms with Crippen molar-refractivity contribution in [3.63, 3.8) is 0 Å². The summed E-state index contributed by atoms with van der Waals surface area (Å²) >= 11 is 0. The summed E-state index contributed by atoms with van der Waals surface area (Å²) in [4.78, 5) is 4.13. The monoisotopic (exact) mass is 329 g/mol. The van der Waals surface area contributed by atoms with Gasteiger partial charge < -0.3 is 4.57 Å². The topological polar surface area (TPSA) is 96.0 Å². The number of hydrogen-bond donors (Lipinski definition) is 2. The molecule has 6 nitrogen and oxygen atoms in total. The molecule has 0 spiro atoms. The van der Waals surface area contributed by atoms with E-state index < -0.39 is 10.1 Å². The highest BCUT2D eigenvalue weighted by atomic mass is 32.2. The van der Waals surface area contributed by atoms with Crippen LogP contribution in [0.3, 0.4) is 0 Å². The number of aryl methyl sites for hydroxylation is 2. The number of fused-ring (bicyclic) bond motifs is 1. The molecule has 0 bridgehead atoms. The van der Waals surface area contributed by atoms with E-state index in [0.29, 0.717) is 22.2 Å². The quantitative estimate of drug-likeness (QED) is 0.705. The predicted octanol–water partition coefficient (Wildman–Crippen LogP) is 2.37. The summed E-state index contributed by atoms with van der Waals surface area (Å²) in [7, 11) is -4.27. The molecular weight excluding hydrogens is 314 g/mol. The third-order valence-corrected chi connectivity index (χ3v) is 4.86. The van der Waals surface area contributed by atoms with Crippen LogP contribution in [0.15, 0.2) is 47.6 Å². The van der Waals surface area contributed by atoms with E-state index in [1.165, 1.54) is 0 Å². The van der Waals surface area contributed by atoms with E-state index in [0.717, 1.165) is 5.52 Å². The van der Waals surface area contributed by atoms with Gasteiger partial charge in [0, 0.05) is 23.5 Å². The Morgan fingerprint density at radius 2 is 1.83 bits per heavy atom. The molecule has 118 valence electrons. The third kappa shape index (κ3) is 2.64. The van der Waals surface area contributed by atoms with Crippen LogP contribution in [0.2, 0.25) is 0 Å². The second-order valence-corrected chi connectivity index (χ2v) is 6.71. The fraction of sp³-hybridized carbons (Fsp3) is 0.125. The van der Waals surface area contributed by atoms with Crippen molar-refractivity contribution in [1.29, 1.82) is 5.41 Å². The van der Waals surface area contributed by atoms with Crippen molar-refractivity contribution < 1.29 is 13.0 Å². The van der Waals surface area contributed by atoms with Crippen LogP contribution in [-0.2, 0) is 10.1 Å². The van der Waals surface area contributed by atoms with Crippen molar-refractivity contribution in [3.8, 4) is 5.69 Å². The molecule has 3 aromatic rings. The lowest BCUT2D eigenvalue weighted by atomic mass is 10.1. The maximum atomic E-state index is 11.5. The minimum absolute atomic E-state index is 0.0872. The first-order valence-corrected chi connectivity index (χ1v) is 8.33. The van der Waals surface area contributed by atoms with Gasteiger partial charge in [-0.1, -0.05) is 0 Å². The van der Waals surface area contributed by atoms with Gasteiger partial charge in [0.2, 0.25) is 0 Å². The second-order valence-electron chi connectivity index (χ2n) is 5.35. The molecule has 0 unspecified atom stereocenters. The molecular formula is C16H15N3O3S. The summed E-state index contributed by atoms with van der Waals surface area (Å²) in [6.07, 6.45) is 3.39. The Morgan fingerprint density at radius 1 is 1.17 bits per heavy atom. The number of pyridine rings is 2. The van der Waals surface area contributed by atoms with Crippen molar-refractivity contribution in [2.75, 3.05) is 0 Å². The van der Waals surface area contributed by atoms with E-state index in [4.69, 9.17) is 5.41 Å². The average Bonchev–Trinajstić information content (AvgIpc) is 2.45. The van der Waals surface area contributed by atoms with Gasteiger partial charge in [0.05, 0.1) is 10.4 Å². The molecule has 2 heterocycles. The Balaban J connectivity index is 2.29. The molecule has 0 aliphatic rings. The van der Waals surface area contributed by atoms with Crippen LogP contribution >= 0.6 is 0 Å². The predicted molar refractivity (Wildman–Crippen MR) is 86.2 cm³/mol. The molecule has 0 saturated carbocycles. The highest BCUT2D eigenvalue weighted by Gasteiger charge is 2.17. The second kappa shape index (κ2) is 5.29. The zero-order valence-electron chi connectivity index (χ0n) is 12.6. The molecule has 0 aliphatic heterocycles. The summed E-state index contributed by atoms with van der Waals surface area (Å²) < 4.78 is 33.9. The maximum Gasteiger partial charge on any atom is 0.295 e. The van der Waals surface area contributed by atoms with Crippen molar-refractivity contribution in [2.24, 2.45) is 0 Å². The van der Waals surface area contributed by atoms with Gasteiger partial charge in [-0.25, -0.2) is 0 Å². The number of benzene rings is 1. The minimum atomic E-state index is -4.27. The Kier molecular flexibility index (Phi) is 3.54. The number of aromatic nitrogens is 2. The fourth-order valence-corrected chi connectivity index (χ4v) is 3.72. The molecule has 2 N–H and O–H groups in total. The SMILES string of the molecule is Cc1cc(-n2ccc3ncccc3c2=N)cc(C)c1S(=O)(=O)O. The standard InChI is InChI=1S/C16H15N3O3S/c1-10-8-12(9-11(2)15(10)23(20,21)22)19-7-5-14-13(16(19)17)4-3-6-18-14/h3-9,17H,1-2H3,(H,20,21,22). The van der Waals surface area contributed by atoms with E-state index in [2.05, 4.69) is 4.98 Å². The molecule has 1 aromatic carbocycles. The third-order valence-electron chi connectivity index (χ3n) is 3.70. The van der Waals surface area contributed by atoms with Crippen LogP contribution in [0, 0.1) is 19.3 Å². The Hall–Kier alpha value is -2.51. The summed E-state index contributed by atoms with van der Waals surface area (Å²) in [6.45, 7) is 3.23. The van der Waals surface area contributed by atoms with Gasteiger partial charge in [0.15, 0.2) is 0 Å². The lowest BCUT2D eigenvalue weighted by Gasteiger charge is -2.13. The molecule has 23 heavy (non-hydrogen) atoms. The van der Waals surface area contributed by atoms with Crippen LogP contribution in [-0.4, -0.2) is 22.5 Å². The van der Waals surface area contributed by atoms with Crippen LogP contribution in [0.4, 0.5) is 0 Å². The largest absolute Gasteiger partial charge is 0.302 e. The first-order valence-electron chi connectivity index (χ1n) is 6.89. The summed E-state index contributed by atoms with van der Waals surface area (Å²) in [5.74, 6) is 0. The van der Waals surface area contributed by atoms with E-state index >= 15 is 0 Å². The van der Waals surface area contributed by atoms with Gasteiger partial charge in [-0.05, 0) is 55.3 Å². The van der Waals surface area contributed by atoms with Crippen LogP contribution in [0.25, 0.3) is 16.6 Å². The highest BCUT2D eigenvalue weighted by molar-refractivity contribution is 7.86. The smallest absolute Gasteiger partial charge is 0.295 e. The molecule has 0 saturated heterocycles. The zero-order valence-corrected chi connectivity index (χ0v) is 13.4. The number of hydrogen-bond acceptors (Lipinski definition) is 4. The molecule has 7 heteroatoms. The number of rotatable bonds is 2. The van der Waals surface area contributed by atoms with E-state index in [-0.39, 0.29) is 10.4 Å². The summed E-state index contributed by atoms with van der Waals surface area (Å²) in [5, 5.41) is 9.05. The normalized spacial score (nSPS) is 11.8. The van der Waals surface area contributed by atoms with Crippen molar-refractivity contribution in [1.82, 2.24) is 9.55 Å². The first kappa shape index (κ1) is 15.4. The van der Waals surface area contributed by atoms with Gasteiger partial charge in [-0.15, -0.1) is 0 Å². The number of nitrogens with zero attached hydrogens (tertiary/aromatic N) is 2. The molecule has 0 fully saturated rings. The van der Waals surface area contributed by atoms with Crippen LogP contribution in [0.5, 0.6) is 0 Å². The molecule has 0 atom stereocenters. The first-order chi connectivity index (χ1) is 10.8.